The molecule has 8 heavy (non-hydrogen) atoms. The number of fused-ring (bicyclic) bond motifs is 1. The van der Waals surface area contributed by atoms with Crippen LogP contribution in [0.4, 0.5) is 0 Å². The number of carbonyl (C=O) groups excluding carboxylic acids is 1. The molecule has 0 aromatic heterocycles. The highest BCUT2D eigenvalue weighted by atomic mass is 16.1. The van der Waals surface area contributed by atoms with E-state index in [0.717, 1.165) is 18.6 Å². The van der Waals surface area contributed by atoms with Gasteiger partial charge in [0, 0.05) is 6.04 Å². The Morgan fingerprint density at radius 2 is 2.38 bits per heavy atom. The average Bonchev–Trinajstić information content (AvgIpc) is 2.40. The van der Waals surface area contributed by atoms with Crippen LogP contribution >= 0.6 is 0 Å². The van der Waals surface area contributed by atoms with Gasteiger partial charge in [-0.25, -0.2) is 0 Å². The lowest BCUT2D eigenvalue weighted by Gasteiger charge is -2.00. The van der Waals surface area contributed by atoms with E-state index in [0.29, 0.717) is 6.04 Å². The van der Waals surface area contributed by atoms with Crippen molar-refractivity contribution in [3.63, 3.8) is 0 Å². The van der Waals surface area contributed by atoms with Crippen molar-refractivity contribution in [2.24, 2.45) is 5.92 Å². The Morgan fingerprint density at radius 3 is 2.75 bits per heavy atom. The molecule has 44 valence electrons. The predicted molar refractivity (Wildman–Crippen MR) is 29.5 cm³/mol. The van der Waals surface area contributed by atoms with Crippen LogP contribution in [-0.2, 0) is 4.79 Å². The third-order valence-corrected chi connectivity index (χ3v) is 2.07. The Bertz CT molecular complexity index is 114. The topological polar surface area (TPSA) is 29.1 Å². The fraction of sp³-hybridized carbons (Fsp3) is 0.833. The van der Waals surface area contributed by atoms with Gasteiger partial charge in [0.2, 0.25) is 0 Å². The smallest absolute Gasteiger partial charge is 0.136 e. The summed E-state index contributed by atoms with van der Waals surface area (Å²) in [6.45, 7) is 0. The van der Waals surface area contributed by atoms with Crippen LogP contribution in [0, 0.1) is 5.92 Å². The fourth-order valence-electron chi connectivity index (χ4n) is 1.48. The maximum absolute atomic E-state index is 10.1. The summed E-state index contributed by atoms with van der Waals surface area (Å²) in [6, 6.07) is 0.906. The highest BCUT2D eigenvalue weighted by molar-refractivity contribution is 5.59. The Labute approximate surface area is 48.3 Å². The molecule has 1 heterocycles. The predicted octanol–water partition coefficient (Wildman–Crippen LogP) is -0.0643. The van der Waals surface area contributed by atoms with E-state index < -0.39 is 0 Å². The normalized spacial score (nSPS) is 50.8. The largest absolute Gasteiger partial charge is 0.305 e. The van der Waals surface area contributed by atoms with E-state index in [4.69, 9.17) is 0 Å². The lowest BCUT2D eigenvalue weighted by atomic mass is 10.2. The van der Waals surface area contributed by atoms with E-state index >= 15 is 0 Å². The molecule has 1 aliphatic carbocycles. The van der Waals surface area contributed by atoms with Crippen LogP contribution < -0.4 is 5.32 Å². The first-order valence-corrected chi connectivity index (χ1v) is 3.11. The number of piperidine rings is 1. The van der Waals surface area contributed by atoms with Gasteiger partial charge in [0.15, 0.2) is 0 Å². The zero-order valence-electron chi connectivity index (χ0n) is 4.63. The lowest BCUT2D eigenvalue weighted by Crippen LogP contribution is -2.26. The Balaban J connectivity index is 1.98. The van der Waals surface area contributed by atoms with Crippen molar-refractivity contribution in [2.45, 2.75) is 24.9 Å². The molecular weight excluding hydrogens is 102 g/mol. The van der Waals surface area contributed by atoms with Gasteiger partial charge in [-0.05, 0) is 18.8 Å². The second kappa shape index (κ2) is 1.32. The van der Waals surface area contributed by atoms with E-state index in [2.05, 4.69) is 5.32 Å². The molecule has 0 spiro atoms. The molecular formula is C6H9NO. The van der Waals surface area contributed by atoms with Crippen LogP contribution in [0.1, 0.15) is 12.8 Å². The van der Waals surface area contributed by atoms with Crippen molar-refractivity contribution in [3.8, 4) is 0 Å². The quantitative estimate of drug-likeness (QED) is 0.480. The number of carbonyl (C=O) groups is 1. The molecule has 0 unspecified atom stereocenters. The van der Waals surface area contributed by atoms with Gasteiger partial charge < -0.3 is 10.1 Å². The van der Waals surface area contributed by atoms with Crippen LogP contribution in [0.25, 0.3) is 0 Å². The fourth-order valence-corrected chi connectivity index (χ4v) is 1.48. The molecule has 1 saturated heterocycles. The summed E-state index contributed by atoms with van der Waals surface area (Å²) in [4.78, 5) is 10.1. The number of nitrogens with one attached hydrogen (secondary N) is 1. The van der Waals surface area contributed by atoms with Crippen LogP contribution in [0.3, 0.4) is 0 Å². The molecule has 2 aliphatic rings. The summed E-state index contributed by atoms with van der Waals surface area (Å²) < 4.78 is 0. The Hall–Kier alpha value is -0.370. The number of aldehydes is 1. The average molecular weight is 111 g/mol. The molecule has 2 rings (SSSR count). The van der Waals surface area contributed by atoms with Crippen molar-refractivity contribution >= 4 is 6.29 Å². The molecule has 0 amide bonds. The summed E-state index contributed by atoms with van der Waals surface area (Å²) in [5, 5.41) is 3.21. The summed E-state index contributed by atoms with van der Waals surface area (Å²) >= 11 is 0. The summed E-state index contributed by atoms with van der Waals surface area (Å²) in [5.74, 6) is 0.852. The summed E-state index contributed by atoms with van der Waals surface area (Å²) in [6.07, 6.45) is 3.42. The van der Waals surface area contributed by atoms with Gasteiger partial charge in [0.1, 0.15) is 6.29 Å². The second-order valence-electron chi connectivity index (χ2n) is 2.75. The first kappa shape index (κ1) is 4.50. The van der Waals surface area contributed by atoms with Gasteiger partial charge in [-0.2, -0.15) is 0 Å². The first-order valence-electron chi connectivity index (χ1n) is 3.11. The monoisotopic (exact) mass is 111 g/mol. The van der Waals surface area contributed by atoms with Crippen molar-refractivity contribution in [1.29, 1.82) is 0 Å². The van der Waals surface area contributed by atoms with Crippen LogP contribution in [0.5, 0.6) is 0 Å². The standard InChI is InChI=1S/C6H9NO/c8-3-5-1-4-2-6(4)7-5/h3-7H,1-2H2/t4-,5+,6+/m1/s1. The van der Waals surface area contributed by atoms with Crippen molar-refractivity contribution in [3.05, 3.63) is 0 Å². The minimum Gasteiger partial charge on any atom is -0.305 e. The van der Waals surface area contributed by atoms with Crippen LogP contribution in [0.15, 0.2) is 0 Å². The van der Waals surface area contributed by atoms with Crippen LogP contribution in [0.2, 0.25) is 0 Å². The van der Waals surface area contributed by atoms with Crippen LogP contribution in [-0.4, -0.2) is 18.4 Å². The Morgan fingerprint density at radius 1 is 1.50 bits per heavy atom. The number of rotatable bonds is 1. The van der Waals surface area contributed by atoms with Crippen molar-refractivity contribution < 1.29 is 4.79 Å². The molecule has 0 aromatic rings. The molecule has 2 nitrogen and oxygen atoms in total. The van der Waals surface area contributed by atoms with E-state index in [1.165, 1.54) is 6.42 Å². The summed E-state index contributed by atoms with van der Waals surface area (Å²) in [5.41, 5.74) is 0. The minimum absolute atomic E-state index is 0.193. The van der Waals surface area contributed by atoms with E-state index in [-0.39, 0.29) is 6.04 Å². The van der Waals surface area contributed by atoms with E-state index in [1.54, 1.807) is 0 Å². The minimum atomic E-state index is 0.193. The maximum Gasteiger partial charge on any atom is 0.136 e. The molecule has 1 saturated carbocycles. The second-order valence-corrected chi connectivity index (χ2v) is 2.75. The van der Waals surface area contributed by atoms with Gasteiger partial charge in [-0.3, -0.25) is 0 Å². The molecule has 2 fully saturated rings. The maximum atomic E-state index is 10.1. The summed E-state index contributed by atoms with van der Waals surface area (Å²) in [7, 11) is 0. The molecule has 1 N–H and O–H groups in total. The first-order chi connectivity index (χ1) is 3.90. The van der Waals surface area contributed by atoms with Crippen molar-refractivity contribution in [1.82, 2.24) is 5.32 Å². The molecule has 0 bridgehead atoms. The third-order valence-electron chi connectivity index (χ3n) is 2.07. The zero-order chi connectivity index (χ0) is 5.56. The molecule has 0 radical (unpaired) electrons. The number of hydrogen-bond donors (Lipinski definition) is 1. The van der Waals surface area contributed by atoms with Crippen molar-refractivity contribution in [2.75, 3.05) is 0 Å². The highest BCUT2D eigenvalue weighted by Gasteiger charge is 2.45. The SMILES string of the molecule is O=C[C@@H]1C[C@@H]2C[C@@H]2N1. The van der Waals surface area contributed by atoms with Gasteiger partial charge in [-0.1, -0.05) is 0 Å². The van der Waals surface area contributed by atoms with E-state index in [1.807, 2.05) is 0 Å². The van der Waals surface area contributed by atoms with Gasteiger partial charge in [0.25, 0.3) is 0 Å². The molecule has 3 atom stereocenters. The Kier molecular flexibility index (Phi) is 0.742. The van der Waals surface area contributed by atoms with Gasteiger partial charge in [0.05, 0.1) is 6.04 Å². The third kappa shape index (κ3) is 0.494. The van der Waals surface area contributed by atoms with Gasteiger partial charge in [-0.15, -0.1) is 0 Å². The zero-order valence-corrected chi connectivity index (χ0v) is 4.63. The van der Waals surface area contributed by atoms with Gasteiger partial charge >= 0.3 is 0 Å². The molecule has 1 aliphatic heterocycles. The molecule has 2 heteroatoms. The number of hydrogen-bond acceptors (Lipinski definition) is 2. The molecule has 0 aromatic carbocycles. The highest BCUT2D eigenvalue weighted by Crippen LogP contribution is 2.39. The lowest BCUT2D eigenvalue weighted by molar-refractivity contribution is -0.109. The van der Waals surface area contributed by atoms with E-state index in [9.17, 15) is 4.79 Å².